The lowest BCUT2D eigenvalue weighted by molar-refractivity contribution is -0.0495. The minimum Gasteiger partial charge on any atom is -0.375 e. The van der Waals surface area contributed by atoms with E-state index in [4.69, 9.17) is 16.3 Å². The van der Waals surface area contributed by atoms with Crippen LogP contribution in [0.2, 0.25) is 0 Å². The first-order valence-electron chi connectivity index (χ1n) is 6.53. The highest BCUT2D eigenvalue weighted by molar-refractivity contribution is 6.20. The van der Waals surface area contributed by atoms with E-state index >= 15 is 0 Å². The van der Waals surface area contributed by atoms with E-state index < -0.39 is 0 Å². The van der Waals surface area contributed by atoms with Crippen LogP contribution in [0.25, 0.3) is 0 Å². The third-order valence-electron chi connectivity index (χ3n) is 3.95. The molecule has 0 aliphatic heterocycles. The van der Waals surface area contributed by atoms with Crippen LogP contribution in [-0.4, -0.2) is 17.6 Å². The van der Waals surface area contributed by atoms with Gasteiger partial charge in [0.25, 0.3) is 0 Å². The Morgan fingerprint density at radius 2 is 1.27 bits per heavy atom. The molecule has 2 fully saturated rings. The molecule has 0 unspecified atom stereocenters. The maximum absolute atomic E-state index is 6.17. The number of hydrogen-bond acceptors (Lipinski definition) is 1. The van der Waals surface area contributed by atoms with Crippen LogP contribution in [0.15, 0.2) is 0 Å². The summed E-state index contributed by atoms with van der Waals surface area (Å²) in [5, 5.41) is 0.413. The molecular formula is C13H23ClO. The molecule has 88 valence electrons. The van der Waals surface area contributed by atoms with Crippen molar-refractivity contribution in [2.45, 2.75) is 75.9 Å². The molecule has 0 atom stereocenters. The van der Waals surface area contributed by atoms with Gasteiger partial charge in [0.2, 0.25) is 0 Å². The van der Waals surface area contributed by atoms with E-state index in [1.54, 1.807) is 0 Å². The number of ether oxygens (including phenoxy) is 1. The number of halogens is 1. The summed E-state index contributed by atoms with van der Waals surface area (Å²) in [6.07, 6.45) is 11.0. The Labute approximate surface area is 98.5 Å². The lowest BCUT2D eigenvalue weighted by Gasteiger charge is -2.32. The molecule has 2 rings (SSSR count). The highest BCUT2D eigenvalue weighted by atomic mass is 35.5. The van der Waals surface area contributed by atoms with Crippen molar-refractivity contribution in [2.75, 3.05) is 0 Å². The summed E-state index contributed by atoms with van der Waals surface area (Å²) in [6, 6.07) is 0. The first-order valence-corrected chi connectivity index (χ1v) is 6.97. The maximum atomic E-state index is 6.17. The van der Waals surface area contributed by atoms with Crippen LogP contribution < -0.4 is 0 Å². The van der Waals surface area contributed by atoms with Gasteiger partial charge in [0.15, 0.2) is 0 Å². The molecule has 0 saturated heterocycles. The average molecular weight is 231 g/mol. The van der Waals surface area contributed by atoms with Gasteiger partial charge in [-0.05, 0) is 57.3 Å². The minimum atomic E-state index is 0.413. The minimum absolute atomic E-state index is 0.413. The summed E-state index contributed by atoms with van der Waals surface area (Å²) in [5.74, 6) is 0.920. The summed E-state index contributed by atoms with van der Waals surface area (Å²) in [5.41, 5.74) is 0. The van der Waals surface area contributed by atoms with Crippen LogP contribution in [0.3, 0.4) is 0 Å². The van der Waals surface area contributed by atoms with Crippen molar-refractivity contribution in [1.82, 2.24) is 0 Å². The smallest absolute Gasteiger partial charge is 0.0580 e. The van der Waals surface area contributed by atoms with Crippen LogP contribution >= 0.6 is 11.6 Å². The monoisotopic (exact) mass is 230 g/mol. The van der Waals surface area contributed by atoms with Crippen molar-refractivity contribution in [2.24, 2.45) is 5.92 Å². The molecule has 0 heterocycles. The van der Waals surface area contributed by atoms with E-state index in [9.17, 15) is 0 Å². The van der Waals surface area contributed by atoms with Crippen molar-refractivity contribution in [3.63, 3.8) is 0 Å². The van der Waals surface area contributed by atoms with Crippen molar-refractivity contribution in [3.8, 4) is 0 Å². The Kier molecular flexibility index (Phi) is 4.33. The first-order chi connectivity index (χ1) is 7.24. The average Bonchev–Trinajstić information content (AvgIpc) is 2.25. The molecule has 0 radical (unpaired) electrons. The maximum Gasteiger partial charge on any atom is 0.0580 e. The van der Waals surface area contributed by atoms with E-state index in [-0.39, 0.29) is 0 Å². The van der Waals surface area contributed by atoms with Crippen molar-refractivity contribution >= 4 is 11.6 Å². The Morgan fingerprint density at radius 3 is 1.80 bits per heavy atom. The quantitative estimate of drug-likeness (QED) is 0.649. The fourth-order valence-electron chi connectivity index (χ4n) is 2.80. The van der Waals surface area contributed by atoms with Crippen molar-refractivity contribution < 1.29 is 4.74 Å². The standard InChI is InChI=1S/C13H23ClO/c1-10-2-6-12(7-3-10)15-13-8-4-11(14)5-9-13/h10-13H,2-9H2,1H3. The van der Waals surface area contributed by atoms with Crippen LogP contribution in [0.5, 0.6) is 0 Å². The predicted octanol–water partition coefficient (Wildman–Crippen LogP) is 4.13. The molecular weight excluding hydrogens is 208 g/mol. The van der Waals surface area contributed by atoms with E-state index in [0.29, 0.717) is 17.6 Å². The van der Waals surface area contributed by atoms with Crippen molar-refractivity contribution in [3.05, 3.63) is 0 Å². The van der Waals surface area contributed by atoms with Gasteiger partial charge in [0, 0.05) is 5.38 Å². The van der Waals surface area contributed by atoms with Gasteiger partial charge in [0.05, 0.1) is 12.2 Å². The summed E-state index contributed by atoms with van der Waals surface area (Å²) < 4.78 is 6.17. The third-order valence-corrected chi connectivity index (χ3v) is 4.39. The molecule has 0 aromatic carbocycles. The molecule has 0 spiro atoms. The van der Waals surface area contributed by atoms with Crippen LogP contribution in [0.4, 0.5) is 0 Å². The van der Waals surface area contributed by atoms with Gasteiger partial charge in [-0.1, -0.05) is 6.92 Å². The summed E-state index contributed by atoms with van der Waals surface area (Å²) in [7, 11) is 0. The molecule has 15 heavy (non-hydrogen) atoms. The lowest BCUT2D eigenvalue weighted by Crippen LogP contribution is -2.29. The highest BCUT2D eigenvalue weighted by Gasteiger charge is 2.25. The zero-order valence-corrected chi connectivity index (χ0v) is 10.5. The zero-order chi connectivity index (χ0) is 10.7. The molecule has 0 bridgehead atoms. The molecule has 2 aliphatic carbocycles. The number of alkyl halides is 1. The molecule has 0 aromatic heterocycles. The summed E-state index contributed by atoms with van der Waals surface area (Å²) >= 11 is 6.09. The second-order valence-corrected chi connectivity index (χ2v) is 6.01. The SMILES string of the molecule is CC1CCC(OC2CCC(Cl)CC2)CC1. The normalized spacial score (nSPS) is 42.8. The van der Waals surface area contributed by atoms with Crippen LogP contribution in [-0.2, 0) is 4.74 Å². The van der Waals surface area contributed by atoms with Gasteiger partial charge in [-0.15, -0.1) is 11.6 Å². The lowest BCUT2D eigenvalue weighted by atomic mass is 9.88. The predicted molar refractivity (Wildman–Crippen MR) is 64.4 cm³/mol. The Hall–Kier alpha value is 0.250. The molecule has 2 heteroatoms. The zero-order valence-electron chi connectivity index (χ0n) is 9.75. The van der Waals surface area contributed by atoms with Gasteiger partial charge in [0.1, 0.15) is 0 Å². The van der Waals surface area contributed by atoms with Gasteiger partial charge in [-0.2, -0.15) is 0 Å². The van der Waals surface area contributed by atoms with Gasteiger partial charge < -0.3 is 4.74 Å². The highest BCUT2D eigenvalue weighted by Crippen LogP contribution is 2.30. The van der Waals surface area contributed by atoms with E-state index in [1.165, 1.54) is 38.5 Å². The number of rotatable bonds is 2. The van der Waals surface area contributed by atoms with E-state index in [0.717, 1.165) is 18.8 Å². The molecule has 0 aromatic rings. The Balaban J connectivity index is 1.68. The van der Waals surface area contributed by atoms with E-state index in [2.05, 4.69) is 6.92 Å². The molecule has 2 aliphatic rings. The Morgan fingerprint density at radius 1 is 0.800 bits per heavy atom. The molecule has 2 saturated carbocycles. The number of hydrogen-bond donors (Lipinski definition) is 0. The topological polar surface area (TPSA) is 9.23 Å². The molecule has 0 N–H and O–H groups in total. The fraction of sp³-hybridized carbons (Fsp3) is 1.00. The van der Waals surface area contributed by atoms with Gasteiger partial charge in [-0.3, -0.25) is 0 Å². The Bertz CT molecular complexity index is 159. The molecule has 1 nitrogen and oxygen atoms in total. The molecule has 0 amide bonds. The second kappa shape index (κ2) is 5.54. The summed E-state index contributed by atoms with van der Waals surface area (Å²) in [6.45, 7) is 2.36. The summed E-state index contributed by atoms with van der Waals surface area (Å²) in [4.78, 5) is 0. The largest absolute Gasteiger partial charge is 0.375 e. The van der Waals surface area contributed by atoms with Gasteiger partial charge >= 0.3 is 0 Å². The van der Waals surface area contributed by atoms with Crippen molar-refractivity contribution in [1.29, 1.82) is 0 Å². The fourth-order valence-corrected chi connectivity index (χ4v) is 3.05. The third kappa shape index (κ3) is 3.64. The second-order valence-electron chi connectivity index (χ2n) is 5.39. The van der Waals surface area contributed by atoms with E-state index in [1.807, 2.05) is 0 Å². The van der Waals surface area contributed by atoms with Gasteiger partial charge in [-0.25, -0.2) is 0 Å². The van der Waals surface area contributed by atoms with Crippen LogP contribution in [0.1, 0.15) is 58.3 Å². The first kappa shape index (κ1) is 11.7. The van der Waals surface area contributed by atoms with Crippen LogP contribution in [0, 0.1) is 5.92 Å².